The van der Waals surface area contributed by atoms with E-state index in [1.54, 1.807) is 0 Å². The Morgan fingerprint density at radius 3 is 1.53 bits per heavy atom. The maximum atomic E-state index is 12.4. The normalized spacial score (nSPS) is 16.0. The minimum atomic E-state index is -0.487. The standard InChI is InChI=1S/C27H51FO2/c28-24-26(25-29)20-16-13-11-9-7-5-3-1-2-4-6-8-10-12-14-19-23-30-27-21-17-15-18-22-27/h25-27H,1-24H2. The molecule has 0 aliphatic heterocycles. The number of hydrogen-bond donors (Lipinski definition) is 0. The Balaban J connectivity index is 1.66. The second kappa shape index (κ2) is 21.8. The maximum absolute atomic E-state index is 12.4. The first-order valence-corrected chi connectivity index (χ1v) is 13.5. The Bertz CT molecular complexity index is 355. The summed E-state index contributed by atoms with van der Waals surface area (Å²) >= 11 is 0. The number of halogens is 1. The molecular formula is C27H51FO2. The molecule has 0 aromatic rings. The molecule has 1 fully saturated rings. The zero-order chi connectivity index (χ0) is 21.5. The lowest BCUT2D eigenvalue weighted by atomic mass is 9.98. The lowest BCUT2D eigenvalue weighted by Crippen LogP contribution is -2.17. The average molecular weight is 427 g/mol. The van der Waals surface area contributed by atoms with Gasteiger partial charge in [0.25, 0.3) is 0 Å². The summed E-state index contributed by atoms with van der Waals surface area (Å²) in [5, 5.41) is 0. The number of aldehydes is 1. The van der Waals surface area contributed by atoms with Crippen molar-refractivity contribution in [2.45, 2.75) is 147 Å². The first-order chi connectivity index (χ1) is 14.9. The van der Waals surface area contributed by atoms with Crippen molar-refractivity contribution in [2.24, 2.45) is 5.92 Å². The van der Waals surface area contributed by atoms with Gasteiger partial charge in [-0.3, -0.25) is 4.39 Å². The van der Waals surface area contributed by atoms with Crippen molar-refractivity contribution in [1.29, 1.82) is 0 Å². The van der Waals surface area contributed by atoms with E-state index in [1.165, 1.54) is 122 Å². The summed E-state index contributed by atoms with van der Waals surface area (Å²) in [5.41, 5.74) is 0. The van der Waals surface area contributed by atoms with Gasteiger partial charge >= 0.3 is 0 Å². The fourth-order valence-electron chi connectivity index (χ4n) is 4.65. The number of carbonyl (C=O) groups excluding carboxylic acids is 1. The zero-order valence-electron chi connectivity index (χ0n) is 19.9. The third kappa shape index (κ3) is 17.3. The molecule has 0 amide bonds. The second-order valence-electron chi connectivity index (χ2n) is 9.63. The molecule has 0 bridgehead atoms. The molecule has 2 nitrogen and oxygen atoms in total. The molecule has 1 atom stereocenters. The van der Waals surface area contributed by atoms with E-state index in [2.05, 4.69) is 0 Å². The molecule has 0 heterocycles. The average Bonchev–Trinajstić information content (AvgIpc) is 2.78. The van der Waals surface area contributed by atoms with E-state index in [0.717, 1.165) is 32.2 Å². The van der Waals surface area contributed by atoms with Gasteiger partial charge in [0.2, 0.25) is 0 Å². The number of ether oxygens (including phenoxy) is 1. The number of hydrogen-bond acceptors (Lipinski definition) is 2. The highest BCUT2D eigenvalue weighted by molar-refractivity contribution is 5.53. The fourth-order valence-corrected chi connectivity index (χ4v) is 4.65. The third-order valence-electron chi connectivity index (χ3n) is 6.77. The Kier molecular flexibility index (Phi) is 20.0. The van der Waals surface area contributed by atoms with Gasteiger partial charge in [-0.15, -0.1) is 0 Å². The highest BCUT2D eigenvalue weighted by Crippen LogP contribution is 2.20. The van der Waals surface area contributed by atoms with Crippen LogP contribution in [0.15, 0.2) is 0 Å². The van der Waals surface area contributed by atoms with E-state index in [1.807, 2.05) is 0 Å². The van der Waals surface area contributed by atoms with Crippen molar-refractivity contribution < 1.29 is 13.9 Å². The molecule has 30 heavy (non-hydrogen) atoms. The molecule has 178 valence electrons. The molecule has 0 aromatic carbocycles. The molecule has 1 aliphatic rings. The van der Waals surface area contributed by atoms with Crippen molar-refractivity contribution in [2.75, 3.05) is 13.3 Å². The quantitative estimate of drug-likeness (QED) is 0.128. The smallest absolute Gasteiger partial charge is 0.125 e. The summed E-state index contributed by atoms with van der Waals surface area (Å²) in [6, 6.07) is 0. The van der Waals surface area contributed by atoms with Gasteiger partial charge in [0.1, 0.15) is 6.29 Å². The van der Waals surface area contributed by atoms with Crippen molar-refractivity contribution >= 4 is 6.29 Å². The van der Waals surface area contributed by atoms with Crippen LogP contribution in [0, 0.1) is 5.92 Å². The molecule has 1 rings (SSSR count). The van der Waals surface area contributed by atoms with Crippen LogP contribution in [-0.4, -0.2) is 25.7 Å². The summed E-state index contributed by atoms with van der Waals surface area (Å²) in [6.07, 6.45) is 30.1. The predicted molar refractivity (Wildman–Crippen MR) is 127 cm³/mol. The molecule has 0 N–H and O–H groups in total. The first-order valence-electron chi connectivity index (χ1n) is 13.5. The van der Waals surface area contributed by atoms with E-state index < -0.39 is 6.67 Å². The highest BCUT2D eigenvalue weighted by Gasteiger charge is 2.12. The van der Waals surface area contributed by atoms with Crippen LogP contribution in [0.4, 0.5) is 4.39 Å². The maximum Gasteiger partial charge on any atom is 0.125 e. The summed E-state index contributed by atoms with van der Waals surface area (Å²) in [5.74, 6) is -0.351. The van der Waals surface area contributed by atoms with E-state index >= 15 is 0 Å². The molecular weight excluding hydrogens is 375 g/mol. The fraction of sp³-hybridized carbons (Fsp3) is 0.963. The second-order valence-corrected chi connectivity index (χ2v) is 9.63. The van der Waals surface area contributed by atoms with Crippen LogP contribution in [0.3, 0.4) is 0 Å². The number of alkyl halides is 1. The highest BCUT2D eigenvalue weighted by atomic mass is 19.1. The first kappa shape index (κ1) is 27.6. The van der Waals surface area contributed by atoms with Gasteiger partial charge in [0.05, 0.1) is 12.8 Å². The summed E-state index contributed by atoms with van der Waals surface area (Å²) in [7, 11) is 0. The summed E-state index contributed by atoms with van der Waals surface area (Å²) in [6.45, 7) is 0.504. The van der Waals surface area contributed by atoms with E-state index in [-0.39, 0.29) is 5.92 Å². The molecule has 1 unspecified atom stereocenters. The zero-order valence-corrected chi connectivity index (χ0v) is 19.9. The monoisotopic (exact) mass is 426 g/mol. The van der Waals surface area contributed by atoms with Crippen molar-refractivity contribution in [3.05, 3.63) is 0 Å². The molecule has 0 aromatic heterocycles. The van der Waals surface area contributed by atoms with Crippen molar-refractivity contribution in [3.8, 4) is 0 Å². The molecule has 0 radical (unpaired) electrons. The van der Waals surface area contributed by atoms with Crippen LogP contribution in [0.25, 0.3) is 0 Å². The minimum absolute atomic E-state index is 0.351. The Labute approximate surface area is 187 Å². The van der Waals surface area contributed by atoms with E-state index in [9.17, 15) is 9.18 Å². The third-order valence-corrected chi connectivity index (χ3v) is 6.77. The Morgan fingerprint density at radius 1 is 0.667 bits per heavy atom. The topological polar surface area (TPSA) is 26.3 Å². The lowest BCUT2D eigenvalue weighted by Gasteiger charge is -2.21. The number of unbranched alkanes of at least 4 members (excludes halogenated alkanes) is 15. The largest absolute Gasteiger partial charge is 0.378 e. The molecule has 0 spiro atoms. The van der Waals surface area contributed by atoms with Crippen LogP contribution < -0.4 is 0 Å². The number of carbonyl (C=O) groups is 1. The molecule has 1 aliphatic carbocycles. The molecule has 3 heteroatoms. The lowest BCUT2D eigenvalue weighted by molar-refractivity contribution is -0.111. The van der Waals surface area contributed by atoms with Crippen molar-refractivity contribution in [1.82, 2.24) is 0 Å². The predicted octanol–water partition coefficient (Wildman–Crippen LogP) is 8.75. The SMILES string of the molecule is O=CC(CF)CCCCCCCCCCCCCCCCCCOC1CCCCC1. The van der Waals surface area contributed by atoms with Gasteiger partial charge in [-0.1, -0.05) is 116 Å². The Morgan fingerprint density at radius 2 is 1.10 bits per heavy atom. The van der Waals surface area contributed by atoms with E-state index in [4.69, 9.17) is 4.74 Å². The van der Waals surface area contributed by atoms with Crippen LogP contribution in [0.5, 0.6) is 0 Å². The molecule has 1 saturated carbocycles. The van der Waals surface area contributed by atoms with Crippen LogP contribution in [0.2, 0.25) is 0 Å². The van der Waals surface area contributed by atoms with Gasteiger partial charge in [-0.05, 0) is 25.7 Å². The van der Waals surface area contributed by atoms with Gasteiger partial charge < -0.3 is 9.53 Å². The van der Waals surface area contributed by atoms with E-state index in [0.29, 0.717) is 6.10 Å². The summed E-state index contributed by atoms with van der Waals surface area (Å²) in [4.78, 5) is 10.6. The summed E-state index contributed by atoms with van der Waals surface area (Å²) < 4.78 is 18.4. The van der Waals surface area contributed by atoms with Crippen LogP contribution in [0.1, 0.15) is 141 Å². The van der Waals surface area contributed by atoms with Crippen LogP contribution >= 0.6 is 0 Å². The van der Waals surface area contributed by atoms with Gasteiger partial charge in [0, 0.05) is 12.5 Å². The van der Waals surface area contributed by atoms with Crippen molar-refractivity contribution in [3.63, 3.8) is 0 Å². The number of rotatable bonds is 22. The minimum Gasteiger partial charge on any atom is -0.378 e. The van der Waals surface area contributed by atoms with Gasteiger partial charge in [-0.2, -0.15) is 0 Å². The Hall–Kier alpha value is -0.440. The van der Waals surface area contributed by atoms with Crippen LogP contribution in [-0.2, 0) is 9.53 Å². The van der Waals surface area contributed by atoms with Gasteiger partial charge in [0.15, 0.2) is 0 Å². The van der Waals surface area contributed by atoms with Gasteiger partial charge in [-0.25, -0.2) is 0 Å². The molecule has 0 saturated heterocycles.